The average Bonchev–Trinajstić information content (AvgIpc) is 2.16. The predicted molar refractivity (Wildman–Crippen MR) is 47.3 cm³/mol. The summed E-state index contributed by atoms with van der Waals surface area (Å²) in [4.78, 5) is 0. The lowest BCUT2D eigenvalue weighted by molar-refractivity contribution is -0.137. The van der Waals surface area contributed by atoms with Crippen molar-refractivity contribution in [3.05, 3.63) is 41.1 Å². The zero-order valence-electron chi connectivity index (χ0n) is 7.23. The second kappa shape index (κ2) is 3.04. The second-order valence-electron chi connectivity index (χ2n) is 3.13. The minimum absolute atomic E-state index is 0.454. The maximum atomic E-state index is 12.3. The molecule has 14 heavy (non-hydrogen) atoms. The van der Waals surface area contributed by atoms with Gasteiger partial charge in [0.1, 0.15) is 0 Å². The summed E-state index contributed by atoms with van der Waals surface area (Å²) in [6.45, 7) is 0.454. The Labute approximate surface area is 79.2 Å². The third-order valence-corrected chi connectivity index (χ3v) is 2.14. The van der Waals surface area contributed by atoms with Gasteiger partial charge in [-0.25, -0.2) is 0 Å². The summed E-state index contributed by atoms with van der Waals surface area (Å²) in [6, 6.07) is 3.79. The van der Waals surface area contributed by atoms with Crippen LogP contribution < -0.4 is 5.32 Å². The number of alkyl halides is 3. The van der Waals surface area contributed by atoms with E-state index in [4.69, 9.17) is 0 Å². The van der Waals surface area contributed by atoms with Gasteiger partial charge in [-0.3, -0.25) is 0 Å². The third-order valence-electron chi connectivity index (χ3n) is 2.14. The normalized spacial score (nSPS) is 14.8. The van der Waals surface area contributed by atoms with Crippen molar-refractivity contribution >= 4 is 6.08 Å². The van der Waals surface area contributed by atoms with Crippen molar-refractivity contribution < 1.29 is 13.2 Å². The molecule has 1 nitrogen and oxygen atoms in total. The van der Waals surface area contributed by atoms with E-state index in [-0.39, 0.29) is 0 Å². The topological polar surface area (TPSA) is 12.0 Å². The van der Waals surface area contributed by atoms with Crippen molar-refractivity contribution in [3.8, 4) is 0 Å². The van der Waals surface area contributed by atoms with Gasteiger partial charge in [-0.05, 0) is 35.5 Å². The minimum atomic E-state index is -4.25. The van der Waals surface area contributed by atoms with Crippen LogP contribution in [-0.2, 0) is 12.7 Å². The Kier molecular flexibility index (Phi) is 1.98. The van der Waals surface area contributed by atoms with E-state index in [9.17, 15) is 13.2 Å². The molecule has 0 aliphatic carbocycles. The highest BCUT2D eigenvalue weighted by molar-refractivity contribution is 5.56. The second-order valence-corrected chi connectivity index (χ2v) is 3.13. The van der Waals surface area contributed by atoms with Crippen LogP contribution in [0.3, 0.4) is 0 Å². The Bertz CT molecular complexity index is 379. The molecule has 1 aromatic rings. The fraction of sp³-hybridized carbons (Fsp3) is 0.200. The van der Waals surface area contributed by atoms with Gasteiger partial charge in [-0.2, -0.15) is 13.2 Å². The molecule has 0 aromatic heterocycles. The molecule has 4 heteroatoms. The lowest BCUT2D eigenvalue weighted by Gasteiger charge is -2.14. The zero-order chi connectivity index (χ0) is 10.2. The Morgan fingerprint density at radius 2 is 2.00 bits per heavy atom. The van der Waals surface area contributed by atoms with Crippen molar-refractivity contribution in [2.45, 2.75) is 12.7 Å². The molecule has 0 amide bonds. The van der Waals surface area contributed by atoms with E-state index in [2.05, 4.69) is 5.32 Å². The molecule has 1 heterocycles. The zero-order valence-corrected chi connectivity index (χ0v) is 7.23. The van der Waals surface area contributed by atoms with E-state index in [1.807, 2.05) is 0 Å². The van der Waals surface area contributed by atoms with Crippen LogP contribution in [0.15, 0.2) is 24.4 Å². The number of benzene rings is 1. The first-order valence-corrected chi connectivity index (χ1v) is 4.17. The van der Waals surface area contributed by atoms with Crippen molar-refractivity contribution in [1.82, 2.24) is 5.32 Å². The lowest BCUT2D eigenvalue weighted by atomic mass is 10.0. The Morgan fingerprint density at radius 1 is 1.21 bits per heavy atom. The number of halogens is 3. The highest BCUT2D eigenvalue weighted by Crippen LogP contribution is 2.31. The van der Waals surface area contributed by atoms with Gasteiger partial charge in [-0.15, -0.1) is 0 Å². The standard InChI is InChI=1S/C10H8F3N/c11-10(12,13)9-2-1-7-3-4-14-6-8(7)5-9/h1-5,14H,6H2. The van der Waals surface area contributed by atoms with Gasteiger partial charge in [-0.1, -0.05) is 6.07 Å². The monoisotopic (exact) mass is 199 g/mol. The van der Waals surface area contributed by atoms with E-state index >= 15 is 0 Å². The molecule has 0 radical (unpaired) electrons. The molecule has 0 unspecified atom stereocenters. The van der Waals surface area contributed by atoms with Crippen LogP contribution in [-0.4, -0.2) is 0 Å². The number of rotatable bonds is 0. The quantitative estimate of drug-likeness (QED) is 0.677. The summed E-state index contributed by atoms with van der Waals surface area (Å²) in [5, 5.41) is 2.87. The van der Waals surface area contributed by atoms with Gasteiger partial charge < -0.3 is 5.32 Å². The molecule has 1 aromatic carbocycles. The van der Waals surface area contributed by atoms with E-state index in [1.165, 1.54) is 12.1 Å². The maximum Gasteiger partial charge on any atom is 0.416 e. The molecule has 1 aliphatic rings. The number of hydrogen-bond donors (Lipinski definition) is 1. The van der Waals surface area contributed by atoms with Crippen LogP contribution >= 0.6 is 0 Å². The summed E-state index contributed by atoms with van der Waals surface area (Å²) in [5.41, 5.74) is 0.937. The van der Waals surface area contributed by atoms with Crippen molar-refractivity contribution in [2.24, 2.45) is 0 Å². The van der Waals surface area contributed by atoms with E-state index in [0.717, 1.165) is 11.6 Å². The Hall–Kier alpha value is -1.45. The summed E-state index contributed by atoms with van der Waals surface area (Å²) < 4.78 is 37.0. The summed E-state index contributed by atoms with van der Waals surface area (Å²) in [7, 11) is 0. The van der Waals surface area contributed by atoms with Gasteiger partial charge in [0.25, 0.3) is 0 Å². The smallest absolute Gasteiger partial charge is 0.387 e. The number of fused-ring (bicyclic) bond motifs is 1. The molecule has 0 saturated carbocycles. The first kappa shape index (κ1) is 9.12. The van der Waals surface area contributed by atoms with Crippen LogP contribution in [0.2, 0.25) is 0 Å². The molecule has 0 bridgehead atoms. The Balaban J connectivity index is 2.45. The summed E-state index contributed by atoms with van der Waals surface area (Å²) in [6.07, 6.45) is -0.759. The van der Waals surface area contributed by atoms with E-state index in [1.54, 1.807) is 12.3 Å². The maximum absolute atomic E-state index is 12.3. The SMILES string of the molecule is FC(F)(F)c1ccc2c(c1)CNC=C2. The van der Waals surface area contributed by atoms with Crippen LogP contribution in [0.4, 0.5) is 13.2 Å². The van der Waals surface area contributed by atoms with Gasteiger partial charge in [0.2, 0.25) is 0 Å². The van der Waals surface area contributed by atoms with Gasteiger partial charge in [0.15, 0.2) is 0 Å². The van der Waals surface area contributed by atoms with E-state index < -0.39 is 11.7 Å². The molecular weight excluding hydrogens is 191 g/mol. The molecule has 0 fully saturated rings. The first-order valence-electron chi connectivity index (χ1n) is 4.17. The van der Waals surface area contributed by atoms with Crippen LogP contribution in [0, 0.1) is 0 Å². The molecule has 74 valence electrons. The number of nitrogens with one attached hydrogen (secondary N) is 1. The van der Waals surface area contributed by atoms with E-state index in [0.29, 0.717) is 12.1 Å². The van der Waals surface area contributed by atoms with Crippen molar-refractivity contribution in [2.75, 3.05) is 0 Å². The van der Waals surface area contributed by atoms with Crippen molar-refractivity contribution in [1.29, 1.82) is 0 Å². The summed E-state index contributed by atoms with van der Waals surface area (Å²) in [5.74, 6) is 0. The molecule has 1 N–H and O–H groups in total. The highest BCUT2D eigenvalue weighted by atomic mass is 19.4. The van der Waals surface area contributed by atoms with Gasteiger partial charge >= 0.3 is 6.18 Å². The molecule has 0 spiro atoms. The molecule has 0 atom stereocenters. The average molecular weight is 199 g/mol. The van der Waals surface area contributed by atoms with Gasteiger partial charge in [0, 0.05) is 6.54 Å². The molecular formula is C10H8F3N. The fourth-order valence-corrected chi connectivity index (χ4v) is 1.42. The van der Waals surface area contributed by atoms with Crippen LogP contribution in [0.1, 0.15) is 16.7 Å². The predicted octanol–water partition coefficient (Wildman–Crippen LogP) is 2.78. The molecule has 1 aliphatic heterocycles. The largest absolute Gasteiger partial charge is 0.416 e. The third kappa shape index (κ3) is 1.60. The molecule has 2 rings (SSSR count). The summed E-state index contributed by atoms with van der Waals surface area (Å²) >= 11 is 0. The number of hydrogen-bond acceptors (Lipinski definition) is 1. The molecule has 0 saturated heterocycles. The van der Waals surface area contributed by atoms with Crippen LogP contribution in [0.25, 0.3) is 6.08 Å². The fourth-order valence-electron chi connectivity index (χ4n) is 1.42. The van der Waals surface area contributed by atoms with Crippen LogP contribution in [0.5, 0.6) is 0 Å². The van der Waals surface area contributed by atoms with Crippen molar-refractivity contribution in [3.63, 3.8) is 0 Å². The Morgan fingerprint density at radius 3 is 2.71 bits per heavy atom. The lowest BCUT2D eigenvalue weighted by Crippen LogP contribution is -2.12. The van der Waals surface area contributed by atoms with Gasteiger partial charge in [0.05, 0.1) is 5.56 Å². The minimum Gasteiger partial charge on any atom is -0.387 e. The first-order chi connectivity index (χ1) is 6.57. The highest BCUT2D eigenvalue weighted by Gasteiger charge is 2.30.